The first kappa shape index (κ1) is 45.8. The van der Waals surface area contributed by atoms with E-state index in [1.54, 1.807) is 0 Å². The highest BCUT2D eigenvalue weighted by Crippen LogP contribution is 2.47. The van der Waals surface area contributed by atoms with E-state index in [0.29, 0.717) is 0 Å². The van der Waals surface area contributed by atoms with Gasteiger partial charge in [-0.2, -0.15) is 0 Å². The molecule has 0 saturated heterocycles. The topological polar surface area (TPSA) is 38.3 Å². The van der Waals surface area contributed by atoms with Gasteiger partial charge in [-0.1, -0.05) is 224 Å². The molecule has 0 unspecified atom stereocenters. The lowest BCUT2D eigenvalue weighted by molar-refractivity contribution is 0.672. The molecule has 0 aliphatic carbocycles. The van der Waals surface area contributed by atoms with Gasteiger partial charge in [0.05, 0.1) is 11.0 Å². The van der Waals surface area contributed by atoms with E-state index in [1.807, 2.05) is 0 Å². The number of aromatic nitrogens is 2. The Morgan fingerprint density at radius 2 is 0.543 bits per heavy atom. The molecule has 5 nitrogen and oxygen atoms in total. The molecule has 0 fully saturated rings. The molecule has 0 radical (unpaired) electrons. The minimum absolute atomic E-state index is 0.870. The number of nitrogens with zero attached hydrogens (tertiary/aromatic N) is 3. The average Bonchev–Trinajstić information content (AvgIpc) is 2.12. The Morgan fingerprint density at radius 3 is 0.877 bits per heavy atom. The third-order valence-electron chi connectivity index (χ3n) is 17.5. The average molecular weight is 1070 g/mol. The Balaban J connectivity index is 1.03. The quantitative estimate of drug-likeness (QED) is 0.0957. The lowest BCUT2D eigenvalue weighted by Crippen LogP contribution is -2.74. The van der Waals surface area contributed by atoms with Gasteiger partial charge >= 0.3 is 0 Å². The van der Waals surface area contributed by atoms with Crippen LogP contribution in [-0.4, -0.2) is 24.9 Å². The summed E-state index contributed by atoms with van der Waals surface area (Å²) in [4.78, 5) is 2.49. The summed E-state index contributed by atoms with van der Waals surface area (Å²) >= 11 is 0. The van der Waals surface area contributed by atoms with Crippen molar-refractivity contribution in [1.82, 2.24) is 8.80 Å². The van der Waals surface area contributed by atoms with E-state index in [2.05, 4.69) is 311 Å². The second kappa shape index (κ2) is 17.7. The minimum Gasteiger partial charge on any atom is -0.454 e. The molecule has 17 aromatic rings. The first-order chi connectivity index (χ1) is 40.2. The molecule has 81 heavy (non-hydrogen) atoms. The van der Waals surface area contributed by atoms with Crippen LogP contribution in [0.5, 0.6) is 0 Å². The minimum atomic E-state index is -3.11. The number of rotatable bonds is 11. The van der Waals surface area contributed by atoms with Crippen LogP contribution >= 0.6 is 0 Å². The Morgan fingerprint density at radius 1 is 0.259 bits per heavy atom. The Hall–Kier alpha value is -10.2. The molecule has 0 saturated carbocycles. The third kappa shape index (κ3) is 6.41. The predicted molar refractivity (Wildman–Crippen MR) is 342 cm³/mol. The fourth-order valence-corrected chi connectivity index (χ4v) is 24.1. The van der Waals surface area contributed by atoms with Gasteiger partial charge in [0.15, 0.2) is 27.3 Å². The highest BCUT2D eigenvalue weighted by Gasteiger charge is 2.46. The van der Waals surface area contributed by atoms with E-state index < -0.39 is 16.1 Å². The van der Waals surface area contributed by atoms with Gasteiger partial charge in [-0.3, -0.25) is 0 Å². The van der Waals surface area contributed by atoms with Crippen molar-refractivity contribution in [2.75, 3.05) is 4.90 Å². The summed E-state index contributed by atoms with van der Waals surface area (Å²) in [7, 11) is -6.23. The van der Waals surface area contributed by atoms with Gasteiger partial charge in [0, 0.05) is 61.8 Å². The molecule has 7 heteroatoms. The fraction of sp³-hybridized carbons (Fsp3) is 0. The van der Waals surface area contributed by atoms with Crippen LogP contribution in [0.15, 0.2) is 306 Å². The lowest BCUT2D eigenvalue weighted by atomic mass is 10.1. The Kier molecular flexibility index (Phi) is 9.99. The largest absolute Gasteiger partial charge is 0.454 e. The van der Waals surface area contributed by atoms with Crippen molar-refractivity contribution in [3.63, 3.8) is 0 Å². The van der Waals surface area contributed by atoms with Gasteiger partial charge in [-0.05, 0) is 102 Å². The van der Waals surface area contributed by atoms with Crippen LogP contribution in [0, 0.1) is 0 Å². The summed E-state index contributed by atoms with van der Waals surface area (Å²) < 4.78 is 19.0. The number of fused-ring (bicyclic) bond motifs is 10. The van der Waals surface area contributed by atoms with Gasteiger partial charge in [0.25, 0.3) is 0 Å². The van der Waals surface area contributed by atoms with Crippen molar-refractivity contribution in [3.8, 4) is 0 Å². The molecular weight excluding hydrogens is 1020 g/mol. The van der Waals surface area contributed by atoms with Gasteiger partial charge in [0.2, 0.25) is 0 Å². The summed E-state index contributed by atoms with van der Waals surface area (Å²) in [5.74, 6) is 0. The molecule has 6 aromatic heterocycles. The van der Waals surface area contributed by atoms with E-state index in [9.17, 15) is 0 Å². The molecule has 6 heterocycles. The van der Waals surface area contributed by atoms with Crippen molar-refractivity contribution >= 4 is 151 Å². The van der Waals surface area contributed by atoms with E-state index in [0.717, 1.165) is 83.0 Å². The first-order valence-corrected chi connectivity index (χ1v) is 31.8. The van der Waals surface area contributed by atoms with Gasteiger partial charge < -0.3 is 22.5 Å². The van der Waals surface area contributed by atoms with Crippen molar-refractivity contribution < 1.29 is 8.83 Å². The number of furan rings is 2. The molecular formula is C74H49N3O2Si2. The van der Waals surface area contributed by atoms with Crippen molar-refractivity contribution in [2.45, 2.75) is 0 Å². The van der Waals surface area contributed by atoms with Crippen molar-refractivity contribution in [1.29, 1.82) is 0 Å². The van der Waals surface area contributed by atoms with E-state index >= 15 is 0 Å². The number of hydrogen-bond acceptors (Lipinski definition) is 3. The molecule has 380 valence electrons. The van der Waals surface area contributed by atoms with Crippen LogP contribution in [0.25, 0.3) is 76.7 Å². The smallest absolute Gasteiger partial charge is 0.181 e. The molecule has 0 spiro atoms. The number of para-hydroxylation sites is 3. The van der Waals surface area contributed by atoms with Crippen molar-refractivity contribution in [2.24, 2.45) is 0 Å². The number of anilines is 3. The number of benzene rings is 11. The number of hydrogen-bond donors (Lipinski definition) is 0. The summed E-state index contributed by atoms with van der Waals surface area (Å²) in [6.45, 7) is 0. The summed E-state index contributed by atoms with van der Waals surface area (Å²) in [6, 6.07) is 105. The SMILES string of the molecule is c1ccc(N(c2cc3c([Si](c4ccccc4)(c4ccccc4)c4ccccc4)cn4c3c(c2)c2oc3ccccc3c24)c2cc3c([Si](c4ccccc4)(c4ccccc4)c4ccccc4)cn4c3c(c2)c2oc3ccccc3c24)cc1. The zero-order chi connectivity index (χ0) is 53.2. The predicted octanol–water partition coefficient (Wildman–Crippen LogP) is 13.4. The van der Waals surface area contributed by atoms with E-state index in [4.69, 9.17) is 8.83 Å². The summed E-state index contributed by atoms with van der Waals surface area (Å²) in [5.41, 5.74) is 11.1. The maximum Gasteiger partial charge on any atom is 0.181 e. The Bertz CT molecular complexity index is 4650. The molecule has 0 bridgehead atoms. The van der Waals surface area contributed by atoms with Crippen LogP contribution in [0.2, 0.25) is 0 Å². The van der Waals surface area contributed by atoms with Crippen molar-refractivity contribution in [3.05, 3.63) is 298 Å². The zero-order valence-corrected chi connectivity index (χ0v) is 45.9. The van der Waals surface area contributed by atoms with Crippen LogP contribution in [0.3, 0.4) is 0 Å². The van der Waals surface area contributed by atoms with Crippen LogP contribution < -0.4 is 46.4 Å². The fourth-order valence-electron chi connectivity index (χ4n) is 14.2. The Labute approximate surface area is 468 Å². The zero-order valence-electron chi connectivity index (χ0n) is 43.9. The lowest BCUT2D eigenvalue weighted by Gasteiger charge is -2.34. The highest BCUT2D eigenvalue weighted by molar-refractivity contribution is 7.21. The van der Waals surface area contributed by atoms with Gasteiger partial charge in [-0.15, -0.1) is 0 Å². The normalized spacial score (nSPS) is 12.4. The molecule has 0 atom stereocenters. The van der Waals surface area contributed by atoms with Crippen LogP contribution in [0.1, 0.15) is 0 Å². The van der Waals surface area contributed by atoms with Gasteiger partial charge in [-0.25, -0.2) is 0 Å². The maximum absolute atomic E-state index is 7.07. The molecule has 0 N–H and O–H groups in total. The second-order valence-electron chi connectivity index (χ2n) is 21.5. The third-order valence-corrected chi connectivity index (χ3v) is 27.1. The molecule has 0 aliphatic rings. The monoisotopic (exact) mass is 1070 g/mol. The summed E-state index contributed by atoms with van der Waals surface area (Å²) in [5, 5.41) is 17.3. The maximum atomic E-state index is 7.07. The van der Waals surface area contributed by atoms with Crippen LogP contribution in [0.4, 0.5) is 17.1 Å². The first-order valence-electron chi connectivity index (χ1n) is 27.8. The van der Waals surface area contributed by atoms with Gasteiger partial charge in [0.1, 0.15) is 22.2 Å². The van der Waals surface area contributed by atoms with E-state index in [1.165, 1.54) is 52.3 Å². The molecule has 11 aromatic carbocycles. The molecule has 0 amide bonds. The van der Waals surface area contributed by atoms with Crippen LogP contribution in [-0.2, 0) is 0 Å². The molecule has 0 aliphatic heterocycles. The standard InChI is InChI=1S/C74H49N3O2Si2/c1-8-26-50(27-9-1)77(51-44-61-67(48-75-69(61)63(46-51)73-71(75)59-40-22-24-42-65(59)78-73)80(53-28-10-2-11-29-53,54-30-12-3-13-31-54)55-32-14-4-15-33-55)52-45-62-68(49-76-70(62)64(47-52)74-72(76)60-41-23-25-43-66(60)79-74)81(56-34-16-5-17-35-56,57-36-18-6-19-37-57)58-38-20-7-21-39-58/h1-49H. The van der Waals surface area contributed by atoms with E-state index in [-0.39, 0.29) is 0 Å². The second-order valence-corrected chi connectivity index (χ2v) is 29.1. The summed E-state index contributed by atoms with van der Waals surface area (Å²) in [6.07, 6.45) is 4.95. The highest BCUT2D eigenvalue weighted by atomic mass is 28.3. The molecule has 17 rings (SSSR count).